The highest BCUT2D eigenvalue weighted by Crippen LogP contribution is 2.27. The molecule has 0 saturated heterocycles. The molecule has 1 aromatic rings. The number of rotatable bonds is 10. The fourth-order valence-electron chi connectivity index (χ4n) is 2.42. The van der Waals surface area contributed by atoms with E-state index in [1.54, 1.807) is 6.07 Å². The second kappa shape index (κ2) is 10.1. The summed E-state index contributed by atoms with van der Waals surface area (Å²) in [5.41, 5.74) is 3.66. The Hall–Kier alpha value is -0.640. The molecule has 0 saturated carbocycles. The number of unbranched alkanes of at least 4 members (excludes halogenated alkanes) is 6. The molecule has 3 N–H and O–H groups in total. The molecular weight excluding hydrogens is 275 g/mol. The Labute approximate surface area is 126 Å². The van der Waals surface area contributed by atoms with Gasteiger partial charge in [0.1, 0.15) is 5.82 Å². The van der Waals surface area contributed by atoms with E-state index in [0.29, 0.717) is 5.02 Å². The van der Waals surface area contributed by atoms with E-state index >= 15 is 0 Å². The molecule has 0 heterocycles. The van der Waals surface area contributed by atoms with E-state index in [0.717, 1.165) is 18.4 Å². The average Bonchev–Trinajstić information content (AvgIpc) is 2.43. The first-order valence-corrected chi connectivity index (χ1v) is 7.98. The maximum atomic E-state index is 13.0. The molecule has 0 fully saturated rings. The summed E-state index contributed by atoms with van der Waals surface area (Å²) in [6.07, 6.45) is 9.77. The van der Waals surface area contributed by atoms with Gasteiger partial charge in [-0.3, -0.25) is 11.3 Å². The highest BCUT2D eigenvalue weighted by molar-refractivity contribution is 6.31. The van der Waals surface area contributed by atoms with Crippen LogP contribution in [0.5, 0.6) is 0 Å². The van der Waals surface area contributed by atoms with Gasteiger partial charge in [-0.05, 0) is 24.1 Å². The van der Waals surface area contributed by atoms with Crippen molar-refractivity contribution in [2.24, 2.45) is 5.84 Å². The SMILES string of the molecule is CCCCCCCCCC(NN)c1ccc(F)cc1Cl. The van der Waals surface area contributed by atoms with Gasteiger partial charge in [0.05, 0.1) is 0 Å². The Morgan fingerprint density at radius 3 is 2.40 bits per heavy atom. The third-order valence-corrected chi connectivity index (χ3v) is 3.96. The maximum absolute atomic E-state index is 13.0. The van der Waals surface area contributed by atoms with Crippen LogP contribution >= 0.6 is 11.6 Å². The third-order valence-electron chi connectivity index (χ3n) is 3.64. The fraction of sp³-hybridized carbons (Fsp3) is 0.625. The Balaban J connectivity index is 2.32. The molecule has 0 spiro atoms. The van der Waals surface area contributed by atoms with E-state index in [4.69, 9.17) is 17.4 Å². The van der Waals surface area contributed by atoms with Gasteiger partial charge in [-0.1, -0.05) is 69.5 Å². The number of hydrogen-bond acceptors (Lipinski definition) is 2. The minimum absolute atomic E-state index is 0.00116. The summed E-state index contributed by atoms with van der Waals surface area (Å²) in [7, 11) is 0. The van der Waals surface area contributed by atoms with Crippen molar-refractivity contribution in [2.45, 2.75) is 64.3 Å². The van der Waals surface area contributed by atoms with Crippen molar-refractivity contribution in [1.82, 2.24) is 5.43 Å². The van der Waals surface area contributed by atoms with E-state index in [9.17, 15) is 4.39 Å². The van der Waals surface area contributed by atoms with E-state index in [1.165, 1.54) is 50.7 Å². The lowest BCUT2D eigenvalue weighted by Gasteiger charge is -2.17. The van der Waals surface area contributed by atoms with Crippen molar-refractivity contribution >= 4 is 11.6 Å². The van der Waals surface area contributed by atoms with Crippen LogP contribution in [0.15, 0.2) is 18.2 Å². The molecule has 0 bridgehead atoms. The minimum Gasteiger partial charge on any atom is -0.271 e. The van der Waals surface area contributed by atoms with Crippen LogP contribution in [0.4, 0.5) is 4.39 Å². The monoisotopic (exact) mass is 300 g/mol. The second-order valence-corrected chi connectivity index (χ2v) is 5.70. The van der Waals surface area contributed by atoms with Crippen molar-refractivity contribution in [1.29, 1.82) is 0 Å². The van der Waals surface area contributed by atoms with Crippen LogP contribution in [0.3, 0.4) is 0 Å². The van der Waals surface area contributed by atoms with Crippen LogP contribution in [0, 0.1) is 5.82 Å². The normalized spacial score (nSPS) is 12.6. The number of halogens is 2. The van der Waals surface area contributed by atoms with Gasteiger partial charge in [0, 0.05) is 11.1 Å². The molecule has 4 heteroatoms. The van der Waals surface area contributed by atoms with Crippen LogP contribution < -0.4 is 11.3 Å². The molecule has 0 aliphatic rings. The molecule has 1 unspecified atom stereocenters. The maximum Gasteiger partial charge on any atom is 0.124 e. The molecule has 0 amide bonds. The molecule has 0 aromatic heterocycles. The van der Waals surface area contributed by atoms with Gasteiger partial charge >= 0.3 is 0 Å². The van der Waals surface area contributed by atoms with E-state index in [-0.39, 0.29) is 11.9 Å². The van der Waals surface area contributed by atoms with Gasteiger partial charge < -0.3 is 0 Å². The summed E-state index contributed by atoms with van der Waals surface area (Å²) in [6.45, 7) is 2.23. The van der Waals surface area contributed by atoms with E-state index in [1.807, 2.05) is 0 Å². The summed E-state index contributed by atoms with van der Waals surface area (Å²) in [5, 5.41) is 0.441. The highest BCUT2D eigenvalue weighted by atomic mass is 35.5. The topological polar surface area (TPSA) is 38.0 Å². The van der Waals surface area contributed by atoms with Crippen LogP contribution in [-0.2, 0) is 0 Å². The van der Waals surface area contributed by atoms with Crippen molar-refractivity contribution in [3.8, 4) is 0 Å². The van der Waals surface area contributed by atoms with Crippen molar-refractivity contribution in [3.05, 3.63) is 34.6 Å². The zero-order valence-electron chi connectivity index (χ0n) is 12.3. The molecule has 1 atom stereocenters. The number of benzene rings is 1. The van der Waals surface area contributed by atoms with Crippen LogP contribution in [0.1, 0.15) is 69.9 Å². The molecular formula is C16H26ClFN2. The number of nitrogens with one attached hydrogen (secondary N) is 1. The Morgan fingerprint density at radius 2 is 1.80 bits per heavy atom. The standard InChI is InChI=1S/C16H26ClFN2/c1-2-3-4-5-6-7-8-9-16(20-19)14-11-10-13(18)12-15(14)17/h10-12,16,20H,2-9,19H2,1H3. The van der Waals surface area contributed by atoms with Gasteiger partial charge in [0.15, 0.2) is 0 Å². The Bertz CT molecular complexity index is 385. The minimum atomic E-state index is -0.314. The summed E-state index contributed by atoms with van der Waals surface area (Å²) in [5.74, 6) is 5.28. The molecule has 0 aliphatic heterocycles. The lowest BCUT2D eigenvalue weighted by Crippen LogP contribution is -2.28. The Kier molecular flexibility index (Phi) is 8.83. The summed E-state index contributed by atoms with van der Waals surface area (Å²) < 4.78 is 13.0. The molecule has 0 radical (unpaired) electrons. The van der Waals surface area contributed by atoms with Gasteiger partial charge in [-0.2, -0.15) is 0 Å². The second-order valence-electron chi connectivity index (χ2n) is 5.30. The first-order chi connectivity index (χ1) is 9.69. The summed E-state index contributed by atoms with van der Waals surface area (Å²) >= 11 is 6.06. The zero-order valence-corrected chi connectivity index (χ0v) is 13.1. The fourth-order valence-corrected chi connectivity index (χ4v) is 2.72. The smallest absolute Gasteiger partial charge is 0.124 e. The van der Waals surface area contributed by atoms with Gasteiger partial charge in [0.2, 0.25) is 0 Å². The lowest BCUT2D eigenvalue weighted by atomic mass is 10.00. The molecule has 1 aromatic carbocycles. The largest absolute Gasteiger partial charge is 0.271 e. The van der Waals surface area contributed by atoms with Gasteiger partial charge in [-0.25, -0.2) is 4.39 Å². The summed E-state index contributed by atoms with van der Waals surface area (Å²) in [4.78, 5) is 0. The number of nitrogens with two attached hydrogens (primary N) is 1. The quantitative estimate of drug-likeness (QED) is 0.357. The van der Waals surface area contributed by atoms with Crippen molar-refractivity contribution in [3.63, 3.8) is 0 Å². The molecule has 1 rings (SSSR count). The summed E-state index contributed by atoms with van der Waals surface area (Å²) in [6, 6.07) is 4.48. The van der Waals surface area contributed by atoms with Crippen molar-refractivity contribution < 1.29 is 4.39 Å². The molecule has 0 aliphatic carbocycles. The lowest BCUT2D eigenvalue weighted by molar-refractivity contribution is 0.475. The highest BCUT2D eigenvalue weighted by Gasteiger charge is 2.13. The van der Waals surface area contributed by atoms with Crippen LogP contribution in [0.25, 0.3) is 0 Å². The van der Waals surface area contributed by atoms with Gasteiger partial charge in [0.25, 0.3) is 0 Å². The average molecular weight is 301 g/mol. The van der Waals surface area contributed by atoms with Crippen molar-refractivity contribution in [2.75, 3.05) is 0 Å². The first-order valence-electron chi connectivity index (χ1n) is 7.60. The van der Waals surface area contributed by atoms with Gasteiger partial charge in [-0.15, -0.1) is 0 Å². The molecule has 114 valence electrons. The zero-order chi connectivity index (χ0) is 14.8. The van der Waals surface area contributed by atoms with Crippen LogP contribution in [-0.4, -0.2) is 0 Å². The molecule has 2 nitrogen and oxygen atoms in total. The number of hydrazine groups is 1. The Morgan fingerprint density at radius 1 is 1.15 bits per heavy atom. The number of hydrogen-bond donors (Lipinski definition) is 2. The van der Waals surface area contributed by atoms with E-state index < -0.39 is 0 Å². The predicted molar refractivity (Wildman–Crippen MR) is 84.1 cm³/mol. The predicted octanol–water partition coefficient (Wildman–Crippen LogP) is 5.12. The molecule has 20 heavy (non-hydrogen) atoms. The van der Waals surface area contributed by atoms with E-state index in [2.05, 4.69) is 12.3 Å². The third kappa shape index (κ3) is 6.21. The van der Waals surface area contributed by atoms with Crippen LogP contribution in [0.2, 0.25) is 5.02 Å². The first kappa shape index (κ1) is 17.4.